The van der Waals surface area contributed by atoms with Gasteiger partial charge in [0.05, 0.1) is 0 Å². The first kappa shape index (κ1) is 23.5. The molecular formula is C21H27ClN4O4S. The quantitative estimate of drug-likeness (QED) is 0.676. The van der Waals surface area contributed by atoms with Crippen LogP contribution in [0.3, 0.4) is 0 Å². The second-order valence-electron chi connectivity index (χ2n) is 7.66. The molecule has 0 aliphatic carbocycles. The number of ether oxygens (including phenoxy) is 1. The molecule has 1 aliphatic heterocycles. The van der Waals surface area contributed by atoms with Gasteiger partial charge < -0.3 is 9.64 Å². The van der Waals surface area contributed by atoms with Crippen molar-refractivity contribution in [1.29, 1.82) is 0 Å². The summed E-state index contributed by atoms with van der Waals surface area (Å²) in [5.74, 6) is 0.416. The molecule has 2 aromatic rings. The zero-order chi connectivity index (χ0) is 22.8. The number of rotatable bonds is 7. The van der Waals surface area contributed by atoms with E-state index in [9.17, 15) is 13.2 Å². The van der Waals surface area contributed by atoms with Gasteiger partial charge in [-0.15, -0.1) is 0 Å². The average molecular weight is 467 g/mol. The zero-order valence-electron chi connectivity index (χ0n) is 18.1. The van der Waals surface area contributed by atoms with E-state index < -0.39 is 16.3 Å². The number of aromatic nitrogens is 1. The van der Waals surface area contributed by atoms with Crippen molar-refractivity contribution in [2.45, 2.75) is 39.5 Å². The molecule has 1 amide bonds. The average Bonchev–Trinajstić information content (AvgIpc) is 2.72. The molecule has 0 saturated carbocycles. The summed E-state index contributed by atoms with van der Waals surface area (Å²) in [5, 5.41) is 0.544. The standard InChI is InChI=1S/C21H27ClN4O4S/c1-14-20(12-24-31(28,29)25(3)4)19-8-9-26(13-16(19)11-23-14)21(27)15(2)30-18-7-5-6-17(22)10-18/h5-7,10-11,15,24H,8-9,12-13H2,1-4H3/t15-/m0/s1. The van der Waals surface area contributed by atoms with E-state index in [-0.39, 0.29) is 12.5 Å². The molecule has 0 bridgehead atoms. The van der Waals surface area contributed by atoms with E-state index >= 15 is 0 Å². The molecule has 0 fully saturated rings. The SMILES string of the molecule is Cc1ncc2c(c1CNS(=O)(=O)N(C)C)CCN(C(=O)[C@H](C)Oc1cccc(Cl)c1)C2. The Bertz CT molecular complexity index is 1080. The van der Waals surface area contributed by atoms with E-state index in [1.165, 1.54) is 14.1 Å². The van der Waals surface area contributed by atoms with Crippen LogP contribution in [0.15, 0.2) is 30.5 Å². The number of carbonyl (C=O) groups excluding carboxylic acids is 1. The van der Waals surface area contributed by atoms with Crippen LogP contribution in [0.2, 0.25) is 5.02 Å². The van der Waals surface area contributed by atoms with Crippen LogP contribution in [0.1, 0.15) is 29.3 Å². The number of fused-ring (bicyclic) bond motifs is 1. The Morgan fingerprint density at radius 1 is 1.39 bits per heavy atom. The zero-order valence-corrected chi connectivity index (χ0v) is 19.6. The Kier molecular flexibility index (Phi) is 7.20. The third kappa shape index (κ3) is 5.54. The monoisotopic (exact) mass is 466 g/mol. The normalized spacial score (nSPS) is 15.0. The summed E-state index contributed by atoms with van der Waals surface area (Å²) in [6.45, 7) is 4.65. The van der Waals surface area contributed by atoms with E-state index in [0.717, 1.165) is 26.7 Å². The fraction of sp³-hybridized carbons (Fsp3) is 0.429. The van der Waals surface area contributed by atoms with Gasteiger partial charge in [-0.3, -0.25) is 9.78 Å². The third-order valence-corrected chi connectivity index (χ3v) is 6.98. The van der Waals surface area contributed by atoms with E-state index in [1.54, 1.807) is 42.3 Å². The number of amides is 1. The van der Waals surface area contributed by atoms with Crippen molar-refractivity contribution < 1.29 is 17.9 Å². The molecule has 3 rings (SSSR count). The van der Waals surface area contributed by atoms with Gasteiger partial charge in [0.2, 0.25) is 0 Å². The Hall–Kier alpha value is -2.20. The number of carbonyl (C=O) groups is 1. The lowest BCUT2D eigenvalue weighted by Gasteiger charge is -2.32. The molecule has 1 aromatic heterocycles. The molecule has 0 radical (unpaired) electrons. The van der Waals surface area contributed by atoms with E-state index in [1.807, 2.05) is 6.92 Å². The maximum absolute atomic E-state index is 12.9. The van der Waals surface area contributed by atoms with Crippen molar-refractivity contribution in [1.82, 2.24) is 18.9 Å². The highest BCUT2D eigenvalue weighted by Gasteiger charge is 2.28. The highest BCUT2D eigenvalue weighted by molar-refractivity contribution is 7.87. The topological polar surface area (TPSA) is 91.8 Å². The highest BCUT2D eigenvalue weighted by atomic mass is 35.5. The van der Waals surface area contributed by atoms with Crippen LogP contribution < -0.4 is 9.46 Å². The summed E-state index contributed by atoms with van der Waals surface area (Å²) in [6, 6.07) is 6.94. The molecule has 1 aromatic carbocycles. The number of aryl methyl sites for hydroxylation is 1. The lowest BCUT2D eigenvalue weighted by Crippen LogP contribution is -2.43. The van der Waals surface area contributed by atoms with Crippen molar-refractivity contribution in [2.24, 2.45) is 0 Å². The van der Waals surface area contributed by atoms with Crippen molar-refractivity contribution in [2.75, 3.05) is 20.6 Å². The molecule has 1 aliphatic rings. The number of nitrogens with zero attached hydrogens (tertiary/aromatic N) is 3. The van der Waals surface area contributed by atoms with Gasteiger partial charge >= 0.3 is 0 Å². The second-order valence-corrected chi connectivity index (χ2v) is 10.1. The van der Waals surface area contributed by atoms with Gasteiger partial charge in [0.25, 0.3) is 16.1 Å². The first-order chi connectivity index (χ1) is 14.6. The predicted octanol–water partition coefficient (Wildman–Crippen LogP) is 2.29. The molecular weight excluding hydrogens is 440 g/mol. The minimum Gasteiger partial charge on any atom is -0.481 e. The number of hydrogen-bond acceptors (Lipinski definition) is 5. The lowest BCUT2D eigenvalue weighted by atomic mass is 9.95. The summed E-state index contributed by atoms with van der Waals surface area (Å²) >= 11 is 5.98. The van der Waals surface area contributed by atoms with Crippen molar-refractivity contribution in [3.05, 3.63) is 57.9 Å². The van der Waals surface area contributed by atoms with Crippen LogP contribution in [0.4, 0.5) is 0 Å². The number of benzene rings is 1. The maximum Gasteiger partial charge on any atom is 0.279 e. The van der Waals surface area contributed by atoms with Crippen molar-refractivity contribution in [3.63, 3.8) is 0 Å². The maximum atomic E-state index is 12.9. The molecule has 1 N–H and O–H groups in total. The minimum absolute atomic E-state index is 0.124. The third-order valence-electron chi connectivity index (χ3n) is 5.28. The lowest BCUT2D eigenvalue weighted by molar-refractivity contribution is -0.138. The highest BCUT2D eigenvalue weighted by Crippen LogP contribution is 2.25. The Morgan fingerprint density at radius 2 is 2.13 bits per heavy atom. The minimum atomic E-state index is -3.54. The van der Waals surface area contributed by atoms with Crippen LogP contribution in [-0.2, 0) is 34.5 Å². The van der Waals surface area contributed by atoms with Gasteiger partial charge in [-0.25, -0.2) is 0 Å². The predicted molar refractivity (Wildman–Crippen MR) is 119 cm³/mol. The number of halogens is 1. The first-order valence-corrected chi connectivity index (χ1v) is 11.7. The van der Waals surface area contributed by atoms with Crippen LogP contribution >= 0.6 is 11.6 Å². The Balaban J connectivity index is 1.72. The molecule has 0 spiro atoms. The second kappa shape index (κ2) is 9.52. The van der Waals surface area contributed by atoms with E-state index in [2.05, 4.69) is 9.71 Å². The van der Waals surface area contributed by atoms with Gasteiger partial charge in [-0.2, -0.15) is 17.4 Å². The van der Waals surface area contributed by atoms with Crippen molar-refractivity contribution >= 4 is 27.7 Å². The summed E-state index contributed by atoms with van der Waals surface area (Å²) < 4.78 is 33.7. The van der Waals surface area contributed by atoms with Crippen LogP contribution in [0.5, 0.6) is 5.75 Å². The molecule has 0 unspecified atom stereocenters. The van der Waals surface area contributed by atoms with E-state index in [4.69, 9.17) is 16.3 Å². The summed E-state index contributed by atoms with van der Waals surface area (Å²) in [7, 11) is -0.590. The first-order valence-electron chi connectivity index (χ1n) is 9.93. The van der Waals surface area contributed by atoms with Crippen molar-refractivity contribution in [3.8, 4) is 5.75 Å². The fourth-order valence-corrected chi connectivity index (χ4v) is 4.25. The molecule has 8 nitrogen and oxygen atoms in total. The Labute approximate surface area is 188 Å². The summed E-state index contributed by atoms with van der Waals surface area (Å²) in [5.41, 5.74) is 3.59. The molecule has 0 saturated heterocycles. The Morgan fingerprint density at radius 3 is 2.81 bits per heavy atom. The van der Waals surface area contributed by atoms with Crippen LogP contribution in [0, 0.1) is 6.92 Å². The summed E-state index contributed by atoms with van der Waals surface area (Å²) in [6.07, 6.45) is 1.72. The van der Waals surface area contributed by atoms with Gasteiger partial charge in [0, 0.05) is 50.6 Å². The fourth-order valence-electron chi connectivity index (χ4n) is 3.49. The molecule has 31 heavy (non-hydrogen) atoms. The van der Waals surface area contributed by atoms with Crippen LogP contribution in [-0.4, -0.2) is 55.3 Å². The number of nitrogens with one attached hydrogen (secondary N) is 1. The molecule has 10 heteroatoms. The number of pyridine rings is 1. The number of hydrogen-bond donors (Lipinski definition) is 1. The molecule has 2 heterocycles. The smallest absolute Gasteiger partial charge is 0.279 e. The van der Waals surface area contributed by atoms with Gasteiger partial charge in [0.1, 0.15) is 5.75 Å². The van der Waals surface area contributed by atoms with E-state index in [0.29, 0.717) is 30.3 Å². The molecule has 168 valence electrons. The summed E-state index contributed by atoms with van der Waals surface area (Å²) in [4.78, 5) is 19.1. The van der Waals surface area contributed by atoms with Gasteiger partial charge in [-0.05, 0) is 55.2 Å². The largest absolute Gasteiger partial charge is 0.481 e. The van der Waals surface area contributed by atoms with Gasteiger partial charge in [0.15, 0.2) is 6.10 Å². The molecule has 1 atom stereocenters. The van der Waals surface area contributed by atoms with Gasteiger partial charge in [-0.1, -0.05) is 17.7 Å². The van der Waals surface area contributed by atoms with Crippen LogP contribution in [0.25, 0.3) is 0 Å².